The number of rotatable bonds is 6. The molecule has 3 aromatic rings. The third-order valence-corrected chi connectivity index (χ3v) is 3.83. The van der Waals surface area contributed by atoms with Crippen LogP contribution in [0.15, 0.2) is 66.7 Å². The maximum atomic E-state index is 11.6. The lowest BCUT2D eigenvalue weighted by molar-refractivity contribution is -0.145. The summed E-state index contributed by atoms with van der Waals surface area (Å²) in [7, 11) is 1.58. The van der Waals surface area contributed by atoms with E-state index in [1.807, 2.05) is 60.7 Å². The van der Waals surface area contributed by atoms with Crippen molar-refractivity contribution < 1.29 is 19.4 Å². The van der Waals surface area contributed by atoms with Crippen LogP contribution in [0.2, 0.25) is 0 Å². The number of carbonyl (C=O) groups is 1. The van der Waals surface area contributed by atoms with Crippen molar-refractivity contribution >= 4 is 16.7 Å². The summed E-state index contributed by atoms with van der Waals surface area (Å²) < 4.78 is 10.9. The van der Waals surface area contributed by atoms with Gasteiger partial charge in [0.2, 0.25) is 0 Å². The van der Waals surface area contributed by atoms with Gasteiger partial charge in [-0.1, -0.05) is 42.5 Å². The molecule has 4 nitrogen and oxygen atoms in total. The van der Waals surface area contributed by atoms with E-state index in [4.69, 9.17) is 9.47 Å². The van der Waals surface area contributed by atoms with Gasteiger partial charge in [-0.15, -0.1) is 0 Å². The lowest BCUT2D eigenvalue weighted by Gasteiger charge is -2.16. The summed E-state index contributed by atoms with van der Waals surface area (Å²) in [5, 5.41) is 11.6. The average Bonchev–Trinajstić information content (AvgIpc) is 2.61. The van der Waals surface area contributed by atoms with Crippen molar-refractivity contribution in [3.63, 3.8) is 0 Å². The van der Waals surface area contributed by atoms with Crippen LogP contribution in [0.3, 0.4) is 0 Å². The largest absolute Gasteiger partial charge is 0.497 e. The van der Waals surface area contributed by atoms with Crippen molar-refractivity contribution in [1.29, 1.82) is 0 Å². The van der Waals surface area contributed by atoms with Gasteiger partial charge in [0.1, 0.15) is 11.5 Å². The fourth-order valence-corrected chi connectivity index (χ4v) is 2.60. The Kier molecular flexibility index (Phi) is 4.66. The molecule has 0 saturated heterocycles. The smallest absolute Gasteiger partial charge is 0.345 e. The van der Waals surface area contributed by atoms with Gasteiger partial charge in [0, 0.05) is 6.42 Å². The SMILES string of the molecule is COc1cccc(C[C@H](Oc2ccc3ccccc3c2)C(=O)O)c1. The van der Waals surface area contributed by atoms with E-state index in [0.717, 1.165) is 16.3 Å². The molecule has 1 atom stereocenters. The minimum absolute atomic E-state index is 0.263. The predicted octanol–water partition coefficient (Wildman–Crippen LogP) is 3.92. The summed E-state index contributed by atoms with van der Waals surface area (Å²) in [5.41, 5.74) is 0.850. The molecule has 0 fully saturated rings. The summed E-state index contributed by atoms with van der Waals surface area (Å²) >= 11 is 0. The summed E-state index contributed by atoms with van der Waals surface area (Å²) in [5.74, 6) is 0.248. The summed E-state index contributed by atoms with van der Waals surface area (Å²) in [6, 6.07) is 20.8. The Morgan fingerprint density at radius 3 is 2.50 bits per heavy atom. The molecular formula is C20H18O4. The predicted molar refractivity (Wildman–Crippen MR) is 92.7 cm³/mol. The highest BCUT2D eigenvalue weighted by Gasteiger charge is 2.20. The molecular weight excluding hydrogens is 304 g/mol. The first-order chi connectivity index (χ1) is 11.7. The van der Waals surface area contributed by atoms with Crippen LogP contribution in [0.5, 0.6) is 11.5 Å². The van der Waals surface area contributed by atoms with E-state index in [1.165, 1.54) is 0 Å². The molecule has 4 heteroatoms. The van der Waals surface area contributed by atoms with Gasteiger partial charge in [-0.05, 0) is 40.6 Å². The van der Waals surface area contributed by atoms with Crippen LogP contribution in [0.1, 0.15) is 5.56 Å². The average molecular weight is 322 g/mol. The second-order valence-corrected chi connectivity index (χ2v) is 5.51. The molecule has 122 valence electrons. The lowest BCUT2D eigenvalue weighted by Crippen LogP contribution is -2.29. The van der Waals surface area contributed by atoms with E-state index in [9.17, 15) is 9.90 Å². The topological polar surface area (TPSA) is 55.8 Å². The van der Waals surface area contributed by atoms with Gasteiger partial charge in [0.25, 0.3) is 0 Å². The minimum Gasteiger partial charge on any atom is -0.497 e. The summed E-state index contributed by atoms with van der Waals surface area (Å²) in [4.78, 5) is 11.6. The number of hydrogen-bond acceptors (Lipinski definition) is 3. The van der Waals surface area contributed by atoms with Crippen LogP contribution in [-0.2, 0) is 11.2 Å². The molecule has 0 saturated carbocycles. The third-order valence-electron chi connectivity index (χ3n) is 3.83. The van der Waals surface area contributed by atoms with E-state index in [1.54, 1.807) is 13.2 Å². The zero-order chi connectivity index (χ0) is 16.9. The monoisotopic (exact) mass is 322 g/mol. The highest BCUT2D eigenvalue weighted by molar-refractivity contribution is 5.84. The van der Waals surface area contributed by atoms with Crippen molar-refractivity contribution in [3.8, 4) is 11.5 Å². The fourth-order valence-electron chi connectivity index (χ4n) is 2.60. The van der Waals surface area contributed by atoms with E-state index < -0.39 is 12.1 Å². The molecule has 0 aliphatic carbocycles. The highest BCUT2D eigenvalue weighted by atomic mass is 16.5. The number of carboxylic acid groups (broad SMARTS) is 1. The van der Waals surface area contributed by atoms with Crippen LogP contribution < -0.4 is 9.47 Å². The number of fused-ring (bicyclic) bond motifs is 1. The first-order valence-corrected chi connectivity index (χ1v) is 7.67. The number of aliphatic carboxylic acids is 1. The number of methoxy groups -OCH3 is 1. The number of ether oxygens (including phenoxy) is 2. The van der Waals surface area contributed by atoms with E-state index >= 15 is 0 Å². The van der Waals surface area contributed by atoms with Crippen molar-refractivity contribution in [3.05, 3.63) is 72.3 Å². The molecule has 0 spiro atoms. The van der Waals surface area contributed by atoms with Gasteiger partial charge in [-0.3, -0.25) is 0 Å². The zero-order valence-electron chi connectivity index (χ0n) is 13.3. The molecule has 3 rings (SSSR count). The lowest BCUT2D eigenvalue weighted by atomic mass is 10.1. The zero-order valence-corrected chi connectivity index (χ0v) is 13.3. The number of benzene rings is 3. The van der Waals surface area contributed by atoms with Crippen molar-refractivity contribution in [2.75, 3.05) is 7.11 Å². The molecule has 0 amide bonds. The maximum Gasteiger partial charge on any atom is 0.345 e. The Hall–Kier alpha value is -3.01. The van der Waals surface area contributed by atoms with Gasteiger partial charge in [0.05, 0.1) is 7.11 Å². The van der Waals surface area contributed by atoms with Gasteiger partial charge in [-0.25, -0.2) is 4.79 Å². The molecule has 0 radical (unpaired) electrons. The Morgan fingerprint density at radius 2 is 1.75 bits per heavy atom. The summed E-state index contributed by atoms with van der Waals surface area (Å²) in [6.45, 7) is 0. The first kappa shape index (κ1) is 15.9. The van der Waals surface area contributed by atoms with Crippen LogP contribution >= 0.6 is 0 Å². The van der Waals surface area contributed by atoms with Gasteiger partial charge in [0.15, 0.2) is 6.10 Å². The molecule has 0 unspecified atom stereocenters. The fraction of sp³-hybridized carbons (Fsp3) is 0.150. The first-order valence-electron chi connectivity index (χ1n) is 7.67. The van der Waals surface area contributed by atoms with E-state index in [-0.39, 0.29) is 6.42 Å². The maximum absolute atomic E-state index is 11.6. The van der Waals surface area contributed by atoms with Crippen LogP contribution in [0.4, 0.5) is 0 Å². The third kappa shape index (κ3) is 3.66. The quantitative estimate of drug-likeness (QED) is 0.747. The van der Waals surface area contributed by atoms with E-state index in [2.05, 4.69) is 0 Å². The second kappa shape index (κ2) is 7.04. The van der Waals surface area contributed by atoms with Crippen LogP contribution in [-0.4, -0.2) is 24.3 Å². The van der Waals surface area contributed by atoms with Crippen LogP contribution in [0, 0.1) is 0 Å². The van der Waals surface area contributed by atoms with Gasteiger partial charge in [-0.2, -0.15) is 0 Å². The van der Waals surface area contributed by atoms with Crippen molar-refractivity contribution in [2.24, 2.45) is 0 Å². The second-order valence-electron chi connectivity index (χ2n) is 5.51. The molecule has 0 aliphatic rings. The molecule has 0 heterocycles. The molecule has 3 aromatic carbocycles. The van der Waals surface area contributed by atoms with Gasteiger partial charge >= 0.3 is 5.97 Å². The normalized spacial score (nSPS) is 11.9. The Morgan fingerprint density at radius 1 is 0.958 bits per heavy atom. The Balaban J connectivity index is 1.81. The number of carboxylic acids is 1. The van der Waals surface area contributed by atoms with E-state index in [0.29, 0.717) is 11.5 Å². The minimum atomic E-state index is -0.994. The molecule has 0 aromatic heterocycles. The Labute approximate surface area is 140 Å². The highest BCUT2D eigenvalue weighted by Crippen LogP contribution is 2.23. The standard InChI is InChI=1S/C20H18O4/c1-23-17-8-4-5-14(11-17)12-19(20(21)22)24-18-10-9-15-6-2-3-7-16(15)13-18/h2-11,13,19H,12H2,1H3,(H,21,22)/t19-/m0/s1. The van der Waals surface area contributed by atoms with Crippen molar-refractivity contribution in [1.82, 2.24) is 0 Å². The summed E-state index contributed by atoms with van der Waals surface area (Å²) in [6.07, 6.45) is -0.697. The molecule has 0 aliphatic heterocycles. The molecule has 24 heavy (non-hydrogen) atoms. The van der Waals surface area contributed by atoms with Gasteiger partial charge < -0.3 is 14.6 Å². The van der Waals surface area contributed by atoms with Crippen LogP contribution in [0.25, 0.3) is 10.8 Å². The Bertz CT molecular complexity index is 857. The molecule has 0 bridgehead atoms. The molecule has 1 N–H and O–H groups in total. The number of hydrogen-bond donors (Lipinski definition) is 1. The van der Waals surface area contributed by atoms with Crippen molar-refractivity contribution in [2.45, 2.75) is 12.5 Å².